The summed E-state index contributed by atoms with van der Waals surface area (Å²) < 4.78 is 0. The lowest BCUT2D eigenvalue weighted by atomic mass is 10.2. The third-order valence-electron chi connectivity index (χ3n) is 2.95. The first-order chi connectivity index (χ1) is 10.1. The number of thioether (sulfide) groups is 1. The highest BCUT2D eigenvalue weighted by Gasteiger charge is 2.07. The van der Waals surface area contributed by atoms with Crippen molar-refractivity contribution in [2.24, 2.45) is 4.99 Å². The molecule has 0 amide bonds. The summed E-state index contributed by atoms with van der Waals surface area (Å²) in [4.78, 5) is 4.51. The van der Waals surface area contributed by atoms with Crippen LogP contribution in [0.4, 0.5) is 0 Å². The molecule has 0 fully saturated rings. The molecule has 21 heavy (non-hydrogen) atoms. The van der Waals surface area contributed by atoms with E-state index < -0.39 is 0 Å². The number of hydrogen-bond donors (Lipinski definition) is 1. The van der Waals surface area contributed by atoms with E-state index >= 15 is 0 Å². The fraction of sp³-hybridized carbons (Fsp3) is 0.250. The van der Waals surface area contributed by atoms with Gasteiger partial charge in [-0.05, 0) is 43.5 Å². The normalized spacial score (nSPS) is 17.7. The predicted molar refractivity (Wildman–Crippen MR) is 88.6 cm³/mol. The van der Waals surface area contributed by atoms with Gasteiger partial charge in [0.15, 0.2) is 0 Å². The zero-order valence-corrected chi connectivity index (χ0v) is 13.2. The Labute approximate surface area is 133 Å². The molecule has 1 aliphatic heterocycles. The molecule has 0 radical (unpaired) electrons. The first-order valence-electron chi connectivity index (χ1n) is 6.55. The summed E-state index contributed by atoms with van der Waals surface area (Å²) in [5.41, 5.74) is 2.35. The molecule has 108 valence electrons. The van der Waals surface area contributed by atoms with Crippen molar-refractivity contribution in [3.8, 4) is 6.07 Å². The molecule has 0 aliphatic carbocycles. The molecule has 0 saturated carbocycles. The lowest BCUT2D eigenvalue weighted by molar-refractivity contribution is 0.428. The molecular formula is C16H15ClN2OS. The van der Waals surface area contributed by atoms with Gasteiger partial charge >= 0.3 is 0 Å². The summed E-state index contributed by atoms with van der Waals surface area (Å²) >= 11 is 7.81. The highest BCUT2D eigenvalue weighted by molar-refractivity contribution is 8.13. The van der Waals surface area contributed by atoms with Crippen molar-refractivity contribution in [2.75, 3.05) is 0 Å². The third-order valence-corrected chi connectivity index (χ3v) is 4.38. The SMILES string of the molecule is CC1=C/C(O)=C\CCC(SCc2ccc(C#N)cc2Cl)=N1. The van der Waals surface area contributed by atoms with Gasteiger partial charge in [0.1, 0.15) is 5.76 Å². The highest BCUT2D eigenvalue weighted by Crippen LogP contribution is 2.25. The maximum Gasteiger partial charge on any atom is 0.113 e. The van der Waals surface area contributed by atoms with Crippen molar-refractivity contribution in [1.82, 2.24) is 0 Å². The first-order valence-corrected chi connectivity index (χ1v) is 7.91. The Morgan fingerprint density at radius 2 is 2.29 bits per heavy atom. The lowest BCUT2D eigenvalue weighted by Crippen LogP contribution is -1.97. The molecule has 1 N–H and O–H groups in total. The molecule has 5 heteroatoms. The van der Waals surface area contributed by atoms with Gasteiger partial charge in [0.25, 0.3) is 0 Å². The quantitative estimate of drug-likeness (QED) is 0.836. The van der Waals surface area contributed by atoms with Crippen molar-refractivity contribution in [3.05, 3.63) is 58.0 Å². The largest absolute Gasteiger partial charge is 0.508 e. The van der Waals surface area contributed by atoms with Crippen LogP contribution in [0, 0.1) is 11.3 Å². The lowest BCUT2D eigenvalue weighted by Gasteiger charge is -2.09. The van der Waals surface area contributed by atoms with E-state index in [1.807, 2.05) is 13.0 Å². The summed E-state index contributed by atoms with van der Waals surface area (Å²) in [5.74, 6) is 0.988. The minimum absolute atomic E-state index is 0.274. The van der Waals surface area contributed by atoms with E-state index in [1.165, 1.54) is 0 Å². The van der Waals surface area contributed by atoms with Crippen LogP contribution < -0.4 is 0 Å². The van der Waals surface area contributed by atoms with Gasteiger partial charge in [-0.2, -0.15) is 5.26 Å². The van der Waals surface area contributed by atoms with Gasteiger partial charge < -0.3 is 5.11 Å². The van der Waals surface area contributed by atoms with E-state index in [2.05, 4.69) is 11.1 Å². The Hall–Kier alpha value is -1.70. The van der Waals surface area contributed by atoms with Crippen molar-refractivity contribution in [3.63, 3.8) is 0 Å². The number of allylic oxidation sites excluding steroid dienone is 3. The molecule has 1 aromatic rings. The van der Waals surface area contributed by atoms with Crippen LogP contribution in [-0.4, -0.2) is 10.2 Å². The van der Waals surface area contributed by atoms with E-state index in [9.17, 15) is 5.11 Å². The smallest absolute Gasteiger partial charge is 0.113 e. The third kappa shape index (κ3) is 4.66. The van der Waals surface area contributed by atoms with Crippen molar-refractivity contribution in [2.45, 2.75) is 25.5 Å². The zero-order valence-electron chi connectivity index (χ0n) is 11.6. The second-order valence-electron chi connectivity index (χ2n) is 4.67. The Morgan fingerprint density at radius 3 is 3.00 bits per heavy atom. The Kier molecular flexibility index (Phi) is 5.49. The Morgan fingerprint density at radius 1 is 1.48 bits per heavy atom. The summed E-state index contributed by atoms with van der Waals surface area (Å²) in [7, 11) is 0. The van der Waals surface area contributed by atoms with Crippen molar-refractivity contribution >= 4 is 28.4 Å². The maximum atomic E-state index is 9.53. The van der Waals surface area contributed by atoms with Crippen molar-refractivity contribution in [1.29, 1.82) is 5.26 Å². The molecule has 1 aliphatic rings. The van der Waals surface area contributed by atoms with Crippen LogP contribution >= 0.6 is 23.4 Å². The molecule has 0 spiro atoms. The molecular weight excluding hydrogens is 304 g/mol. The van der Waals surface area contributed by atoms with Gasteiger partial charge in [0, 0.05) is 22.5 Å². The van der Waals surface area contributed by atoms with Crippen LogP contribution in [0.5, 0.6) is 0 Å². The van der Waals surface area contributed by atoms with E-state index in [4.69, 9.17) is 16.9 Å². The average molecular weight is 319 g/mol. The van der Waals surface area contributed by atoms with Crippen LogP contribution in [-0.2, 0) is 5.75 Å². The van der Waals surface area contributed by atoms with Crippen LogP contribution in [0.15, 0.2) is 46.8 Å². The molecule has 0 unspecified atom stereocenters. The van der Waals surface area contributed by atoms with Crippen LogP contribution in [0.1, 0.15) is 30.9 Å². The molecule has 1 aromatic carbocycles. The van der Waals surface area contributed by atoms with Gasteiger partial charge in [0.05, 0.1) is 16.7 Å². The first kappa shape index (κ1) is 15.7. The van der Waals surface area contributed by atoms with E-state index in [1.54, 1.807) is 36.0 Å². The van der Waals surface area contributed by atoms with Gasteiger partial charge in [-0.3, -0.25) is 4.99 Å². The Balaban J connectivity index is 2.06. The van der Waals surface area contributed by atoms with Crippen LogP contribution in [0.25, 0.3) is 0 Å². The molecule has 2 rings (SSSR count). The van der Waals surface area contributed by atoms with E-state index in [0.29, 0.717) is 16.3 Å². The minimum Gasteiger partial charge on any atom is -0.508 e. The summed E-state index contributed by atoms with van der Waals surface area (Å²) in [6, 6.07) is 7.41. The second kappa shape index (κ2) is 7.35. The molecule has 0 saturated heterocycles. The Bertz CT molecular complexity index is 671. The number of rotatable bonds is 2. The summed E-state index contributed by atoms with van der Waals surface area (Å²) in [6.07, 6.45) is 5.03. The number of hydrogen-bond acceptors (Lipinski definition) is 4. The van der Waals surface area contributed by atoms with Gasteiger partial charge in [0.2, 0.25) is 0 Å². The van der Waals surface area contributed by atoms with Crippen LogP contribution in [0.2, 0.25) is 5.02 Å². The monoisotopic (exact) mass is 318 g/mol. The second-order valence-corrected chi connectivity index (χ2v) is 6.12. The predicted octanol–water partition coefficient (Wildman–Crippen LogP) is 4.98. The van der Waals surface area contributed by atoms with Gasteiger partial charge in [-0.1, -0.05) is 17.7 Å². The summed E-state index contributed by atoms with van der Waals surface area (Å²) in [6.45, 7) is 1.87. The number of aliphatic imine (C=N–C) groups is 1. The number of aliphatic hydroxyl groups is 1. The molecule has 0 aromatic heterocycles. The van der Waals surface area contributed by atoms with Gasteiger partial charge in [-0.15, -0.1) is 11.8 Å². The zero-order chi connectivity index (χ0) is 15.2. The number of benzene rings is 1. The average Bonchev–Trinajstić information content (AvgIpc) is 2.43. The number of halogens is 1. The summed E-state index contributed by atoms with van der Waals surface area (Å²) in [5, 5.41) is 20.0. The highest BCUT2D eigenvalue weighted by atomic mass is 35.5. The van der Waals surface area contributed by atoms with E-state index in [0.717, 1.165) is 29.1 Å². The van der Waals surface area contributed by atoms with E-state index in [-0.39, 0.29) is 5.76 Å². The molecule has 1 heterocycles. The number of nitrogens with zero attached hydrogens (tertiary/aromatic N) is 2. The fourth-order valence-corrected chi connectivity index (χ4v) is 3.27. The standard InChI is InChI=1S/C16H15ClN2OS/c1-11-7-14(20)3-2-4-16(19-11)21-10-13-6-5-12(9-18)8-15(13)17/h3,5-8,20H,2,4,10H2,1H3/b11-7?,14-3+,19-16?. The number of aliphatic hydroxyl groups excluding tert-OH is 1. The maximum absolute atomic E-state index is 9.53. The fourth-order valence-electron chi connectivity index (χ4n) is 1.90. The topological polar surface area (TPSA) is 56.4 Å². The molecule has 0 bridgehead atoms. The molecule has 3 nitrogen and oxygen atoms in total. The van der Waals surface area contributed by atoms with Crippen molar-refractivity contribution < 1.29 is 5.11 Å². The van der Waals surface area contributed by atoms with Gasteiger partial charge in [-0.25, -0.2) is 0 Å². The van der Waals surface area contributed by atoms with Crippen LogP contribution in [0.3, 0.4) is 0 Å². The minimum atomic E-state index is 0.274. The molecule has 0 atom stereocenters. The number of nitriles is 1.